The molecule has 2 saturated carbocycles. The van der Waals surface area contributed by atoms with Crippen molar-refractivity contribution in [2.45, 2.75) is 64.5 Å². The lowest BCUT2D eigenvalue weighted by Crippen LogP contribution is -2.66. The molecule has 0 aliphatic heterocycles. The third-order valence-corrected chi connectivity index (χ3v) is 5.64. The Balaban J connectivity index is 2.06. The molecule has 4 nitrogen and oxygen atoms in total. The van der Waals surface area contributed by atoms with Gasteiger partial charge >= 0.3 is 0 Å². The highest BCUT2D eigenvalue weighted by atomic mass is 16.5. The molecule has 2 fully saturated rings. The highest BCUT2D eigenvalue weighted by Gasteiger charge is 2.57. The third kappa shape index (κ3) is 3.11. The number of carbonyl (C=O) groups is 1. The van der Waals surface area contributed by atoms with E-state index >= 15 is 0 Å². The Kier molecular flexibility index (Phi) is 5.67. The van der Waals surface area contributed by atoms with Crippen molar-refractivity contribution in [1.82, 2.24) is 10.2 Å². The van der Waals surface area contributed by atoms with Crippen LogP contribution in [-0.2, 0) is 9.53 Å². The Morgan fingerprint density at radius 3 is 2.62 bits per heavy atom. The number of hydrogen-bond acceptors (Lipinski definition) is 3. The van der Waals surface area contributed by atoms with Crippen LogP contribution in [0, 0.1) is 11.3 Å². The van der Waals surface area contributed by atoms with E-state index < -0.39 is 0 Å². The largest absolute Gasteiger partial charge is 0.378 e. The fourth-order valence-corrected chi connectivity index (χ4v) is 4.47. The third-order valence-electron chi connectivity index (χ3n) is 5.64. The molecule has 0 aromatic carbocycles. The van der Waals surface area contributed by atoms with E-state index in [0.717, 1.165) is 19.6 Å². The van der Waals surface area contributed by atoms with E-state index in [9.17, 15) is 4.79 Å². The summed E-state index contributed by atoms with van der Waals surface area (Å²) in [6.07, 6.45) is 7.73. The first-order chi connectivity index (χ1) is 10.1. The number of ether oxygens (including phenoxy) is 1. The van der Waals surface area contributed by atoms with Crippen molar-refractivity contribution in [3.8, 4) is 0 Å². The Morgan fingerprint density at radius 1 is 1.38 bits per heavy atom. The maximum absolute atomic E-state index is 12.6. The van der Waals surface area contributed by atoms with Crippen LogP contribution in [0.3, 0.4) is 0 Å². The van der Waals surface area contributed by atoms with Crippen LogP contribution in [0.25, 0.3) is 0 Å². The Labute approximate surface area is 129 Å². The summed E-state index contributed by atoms with van der Waals surface area (Å²) >= 11 is 0. The van der Waals surface area contributed by atoms with Gasteiger partial charge in [-0.15, -0.1) is 0 Å². The maximum Gasteiger partial charge on any atom is 0.226 e. The Hall–Kier alpha value is -0.610. The van der Waals surface area contributed by atoms with Gasteiger partial charge in [-0.2, -0.15) is 0 Å². The molecule has 4 heteroatoms. The molecular formula is C17H32N2O2. The molecule has 2 rings (SSSR count). The normalized spacial score (nSPS) is 29.0. The molecule has 0 aromatic rings. The summed E-state index contributed by atoms with van der Waals surface area (Å²) in [6, 6.07) is 0.376. The van der Waals surface area contributed by atoms with Gasteiger partial charge in [-0.25, -0.2) is 0 Å². The van der Waals surface area contributed by atoms with Gasteiger partial charge in [-0.05, 0) is 33.2 Å². The maximum atomic E-state index is 12.6. The second kappa shape index (κ2) is 7.10. The number of carbonyl (C=O) groups excluding carboxylic acids is 1. The fourth-order valence-electron chi connectivity index (χ4n) is 4.47. The molecule has 3 atom stereocenters. The van der Waals surface area contributed by atoms with Crippen LogP contribution in [0.1, 0.15) is 52.4 Å². The summed E-state index contributed by atoms with van der Waals surface area (Å²) < 4.78 is 5.99. The van der Waals surface area contributed by atoms with Crippen LogP contribution in [0.4, 0.5) is 0 Å². The van der Waals surface area contributed by atoms with E-state index in [-0.39, 0.29) is 17.2 Å². The van der Waals surface area contributed by atoms with Crippen LogP contribution in [0.15, 0.2) is 0 Å². The zero-order valence-electron chi connectivity index (χ0n) is 14.2. The lowest BCUT2D eigenvalue weighted by Gasteiger charge is -2.60. The van der Waals surface area contributed by atoms with Gasteiger partial charge in [-0.1, -0.05) is 26.2 Å². The molecule has 0 aromatic heterocycles. The lowest BCUT2D eigenvalue weighted by molar-refractivity contribution is -0.186. The molecule has 1 amide bonds. The quantitative estimate of drug-likeness (QED) is 0.818. The van der Waals surface area contributed by atoms with Crippen molar-refractivity contribution in [1.29, 1.82) is 0 Å². The predicted octanol–water partition coefficient (Wildman–Crippen LogP) is 2.43. The predicted molar refractivity (Wildman–Crippen MR) is 85.2 cm³/mol. The topological polar surface area (TPSA) is 41.6 Å². The minimum absolute atomic E-state index is 0.0479. The fraction of sp³-hybridized carbons (Fsp3) is 0.941. The number of hydrogen-bond donors (Lipinski definition) is 1. The smallest absolute Gasteiger partial charge is 0.226 e. The van der Waals surface area contributed by atoms with Crippen molar-refractivity contribution >= 4 is 5.91 Å². The standard InChI is InChI=1S/C17H32N2O2/c1-5-21-15-11-14(17(15)9-7-6-8-10-17)19(4)16(20)13(2)12-18-3/h13-15,18H,5-12H2,1-4H3. The molecule has 2 aliphatic carbocycles. The first-order valence-corrected chi connectivity index (χ1v) is 8.59. The second-order valence-electron chi connectivity index (χ2n) is 6.90. The molecule has 21 heavy (non-hydrogen) atoms. The average molecular weight is 296 g/mol. The number of nitrogens with zero attached hydrogens (tertiary/aromatic N) is 1. The highest BCUT2D eigenvalue weighted by molar-refractivity contribution is 5.79. The molecule has 0 radical (unpaired) electrons. The van der Waals surface area contributed by atoms with Crippen molar-refractivity contribution in [2.75, 3.05) is 27.2 Å². The van der Waals surface area contributed by atoms with Crippen molar-refractivity contribution in [2.24, 2.45) is 11.3 Å². The van der Waals surface area contributed by atoms with E-state index in [2.05, 4.69) is 12.2 Å². The summed E-state index contributed by atoms with van der Waals surface area (Å²) in [5, 5.41) is 3.11. The summed E-state index contributed by atoms with van der Waals surface area (Å²) in [6.45, 7) is 5.63. The van der Waals surface area contributed by atoms with Crippen LogP contribution < -0.4 is 5.32 Å². The van der Waals surface area contributed by atoms with Gasteiger partial charge in [0.1, 0.15) is 0 Å². The van der Waals surface area contributed by atoms with Gasteiger partial charge in [-0.3, -0.25) is 4.79 Å². The zero-order valence-corrected chi connectivity index (χ0v) is 14.2. The van der Waals surface area contributed by atoms with Crippen molar-refractivity contribution in [3.05, 3.63) is 0 Å². The van der Waals surface area contributed by atoms with Gasteiger partial charge < -0.3 is 15.0 Å². The number of amides is 1. The summed E-state index contributed by atoms with van der Waals surface area (Å²) in [4.78, 5) is 14.6. The van der Waals surface area contributed by atoms with Crippen molar-refractivity contribution < 1.29 is 9.53 Å². The number of rotatable bonds is 6. The van der Waals surface area contributed by atoms with Gasteiger partial charge in [0.05, 0.1) is 6.10 Å². The van der Waals surface area contributed by atoms with E-state index in [0.29, 0.717) is 12.1 Å². The zero-order chi connectivity index (χ0) is 15.5. The molecule has 0 saturated heterocycles. The monoisotopic (exact) mass is 296 g/mol. The minimum Gasteiger partial charge on any atom is -0.378 e. The molecule has 1 spiro atoms. The highest BCUT2D eigenvalue weighted by Crippen LogP contribution is 2.55. The molecule has 122 valence electrons. The van der Waals surface area contributed by atoms with Crippen molar-refractivity contribution in [3.63, 3.8) is 0 Å². The second-order valence-corrected chi connectivity index (χ2v) is 6.90. The van der Waals surface area contributed by atoms with Crippen LogP contribution in [0.5, 0.6) is 0 Å². The lowest BCUT2D eigenvalue weighted by atomic mass is 9.54. The van der Waals surface area contributed by atoms with Gasteiger partial charge in [0.2, 0.25) is 5.91 Å². The molecule has 3 unspecified atom stereocenters. The SMILES string of the molecule is CCOC1CC(N(C)C(=O)C(C)CNC)C12CCCCC2. The molecular weight excluding hydrogens is 264 g/mol. The van der Waals surface area contributed by atoms with E-state index in [1.54, 1.807) is 0 Å². The first kappa shape index (κ1) is 16.8. The first-order valence-electron chi connectivity index (χ1n) is 8.59. The van der Waals surface area contributed by atoms with E-state index in [1.165, 1.54) is 32.1 Å². The number of nitrogens with one attached hydrogen (secondary N) is 1. The van der Waals surface area contributed by atoms with Crippen LogP contribution >= 0.6 is 0 Å². The van der Waals surface area contributed by atoms with Crippen LogP contribution in [-0.4, -0.2) is 50.2 Å². The van der Waals surface area contributed by atoms with E-state index in [4.69, 9.17) is 4.74 Å². The Morgan fingerprint density at radius 2 is 2.05 bits per heavy atom. The summed E-state index contributed by atoms with van der Waals surface area (Å²) in [5.41, 5.74) is 0.234. The molecule has 1 N–H and O–H groups in total. The minimum atomic E-state index is 0.0479. The molecule has 0 bridgehead atoms. The van der Waals surface area contributed by atoms with E-state index in [1.807, 2.05) is 25.9 Å². The Bertz CT molecular complexity index is 353. The molecule has 0 heterocycles. The average Bonchev–Trinajstić information content (AvgIpc) is 2.50. The van der Waals surface area contributed by atoms with Crippen LogP contribution in [0.2, 0.25) is 0 Å². The van der Waals surface area contributed by atoms with Gasteiger partial charge in [0, 0.05) is 37.6 Å². The molecule has 2 aliphatic rings. The summed E-state index contributed by atoms with van der Waals surface area (Å²) in [5.74, 6) is 0.320. The summed E-state index contributed by atoms with van der Waals surface area (Å²) in [7, 11) is 3.90. The van der Waals surface area contributed by atoms with Gasteiger partial charge in [0.15, 0.2) is 0 Å². The van der Waals surface area contributed by atoms with Gasteiger partial charge in [0.25, 0.3) is 0 Å².